The van der Waals surface area contributed by atoms with Crippen LogP contribution in [0, 0.1) is 0 Å². The van der Waals surface area contributed by atoms with Gasteiger partial charge in [0.05, 0.1) is 18.8 Å². The van der Waals surface area contributed by atoms with E-state index in [1.165, 1.54) is 6.92 Å². The predicted molar refractivity (Wildman–Crippen MR) is 45.1 cm³/mol. The smallest absolute Gasteiger partial charge is 0.395 e. The number of nitrogens with zero attached hydrogens (tertiary/aromatic N) is 1. The molecule has 1 aliphatic heterocycles. The highest BCUT2D eigenvalue weighted by Crippen LogP contribution is 2.41. The Morgan fingerprint density at radius 2 is 2.00 bits per heavy atom. The summed E-state index contributed by atoms with van der Waals surface area (Å²) in [6, 6.07) is -0.922. The van der Waals surface area contributed by atoms with Crippen LogP contribution in [-0.2, 0) is 4.74 Å². The van der Waals surface area contributed by atoms with Gasteiger partial charge in [-0.15, -0.1) is 0 Å². The first kappa shape index (κ1) is 12.2. The number of rotatable bonds is 1. The third-order valence-electron chi connectivity index (χ3n) is 2.17. The van der Waals surface area contributed by atoms with Gasteiger partial charge in [-0.2, -0.15) is 8.78 Å². The molecule has 3 unspecified atom stereocenters. The predicted octanol–water partition coefficient (Wildman–Crippen LogP) is -0.911. The van der Waals surface area contributed by atoms with E-state index < -0.39 is 30.8 Å². The Labute approximate surface area is 81.5 Å². The highest BCUT2D eigenvalue weighted by molar-refractivity contribution is 7.13. The maximum Gasteiger partial charge on any atom is 0.425 e. The number of ether oxygens (including phenoxy) is 1. The molecule has 0 saturated carbocycles. The van der Waals surface area contributed by atoms with Crippen LogP contribution in [0.3, 0.4) is 0 Å². The van der Waals surface area contributed by atoms with Crippen molar-refractivity contribution in [3.63, 3.8) is 0 Å². The van der Waals surface area contributed by atoms with Crippen molar-refractivity contribution in [2.75, 3.05) is 6.61 Å². The Hall–Kier alpha value is 0.0900. The molecule has 0 amide bonds. The number of aliphatic hydroxyl groups is 3. The van der Waals surface area contributed by atoms with E-state index in [0.29, 0.717) is 4.67 Å². The lowest BCUT2D eigenvalue weighted by atomic mass is 10.1. The number of morpholine rings is 1. The summed E-state index contributed by atoms with van der Waals surface area (Å²) in [5.74, 6) is -3.43. The monoisotopic (exact) mass is 231 g/mol. The normalized spacial score (nSPS) is 37.1. The van der Waals surface area contributed by atoms with Gasteiger partial charge in [-0.1, -0.05) is 9.39 Å². The van der Waals surface area contributed by atoms with Crippen molar-refractivity contribution in [2.24, 2.45) is 0 Å². The average Bonchev–Trinajstić information content (AvgIpc) is 2.01. The van der Waals surface area contributed by atoms with Crippen molar-refractivity contribution in [2.45, 2.75) is 31.1 Å². The van der Waals surface area contributed by atoms with Crippen LogP contribution in [0.2, 0.25) is 0 Å². The molecule has 0 bridgehead atoms. The minimum absolute atomic E-state index is 0.501. The van der Waals surface area contributed by atoms with Gasteiger partial charge in [0.1, 0.15) is 0 Å². The number of aliphatic hydroxyl groups excluding tert-OH is 1. The summed E-state index contributed by atoms with van der Waals surface area (Å²) in [7, 11) is 1.74. The maximum absolute atomic E-state index is 12.9. The second-order valence-electron chi connectivity index (χ2n) is 3.13. The molecule has 84 valence electrons. The van der Waals surface area contributed by atoms with E-state index in [4.69, 9.17) is 15.3 Å². The fourth-order valence-corrected chi connectivity index (χ4v) is 1.72. The van der Waals surface area contributed by atoms with E-state index in [1.54, 1.807) is 9.39 Å². The molecule has 0 aliphatic carbocycles. The van der Waals surface area contributed by atoms with Gasteiger partial charge < -0.3 is 20.1 Å². The molecular weight excluding hydrogens is 219 g/mol. The first-order valence-electron chi connectivity index (χ1n) is 3.89. The standard InChI is InChI=1S/C6H12F2NO4P/c1-3-4(2-10)9(14)6(11,12)5(7,8)13-3/h3-4,10-12H,2,14H2,1H3. The summed E-state index contributed by atoms with van der Waals surface area (Å²) in [6.07, 6.45) is -5.11. The number of hydrogen-bond acceptors (Lipinski definition) is 5. The van der Waals surface area contributed by atoms with Gasteiger partial charge in [0.25, 0.3) is 0 Å². The molecule has 0 aromatic heterocycles. The van der Waals surface area contributed by atoms with Crippen molar-refractivity contribution in [3.8, 4) is 0 Å². The van der Waals surface area contributed by atoms with E-state index in [1.807, 2.05) is 0 Å². The fraction of sp³-hybridized carbons (Fsp3) is 1.00. The zero-order chi connectivity index (χ0) is 11.1. The van der Waals surface area contributed by atoms with Gasteiger partial charge in [0, 0.05) is 0 Å². The van der Waals surface area contributed by atoms with Crippen molar-refractivity contribution in [1.29, 1.82) is 0 Å². The largest absolute Gasteiger partial charge is 0.425 e. The molecule has 0 radical (unpaired) electrons. The van der Waals surface area contributed by atoms with Gasteiger partial charge in [-0.05, 0) is 6.92 Å². The number of alkyl halides is 2. The Morgan fingerprint density at radius 3 is 2.43 bits per heavy atom. The SMILES string of the molecule is CC1OC(F)(F)C(O)(O)N(P)C1CO. The Kier molecular flexibility index (Phi) is 3.12. The molecular formula is C6H12F2NO4P. The second-order valence-corrected chi connectivity index (χ2v) is 3.69. The van der Waals surface area contributed by atoms with Gasteiger partial charge in [-0.25, -0.2) is 4.67 Å². The number of halogens is 2. The third kappa shape index (κ3) is 1.64. The summed E-state index contributed by atoms with van der Waals surface area (Å²) in [5.41, 5.74) is 0. The zero-order valence-corrected chi connectivity index (χ0v) is 8.55. The van der Waals surface area contributed by atoms with Crippen LogP contribution < -0.4 is 0 Å². The minimum atomic E-state index is -4.10. The van der Waals surface area contributed by atoms with Gasteiger partial charge >= 0.3 is 12.0 Å². The summed E-state index contributed by atoms with van der Waals surface area (Å²) >= 11 is 0. The quantitative estimate of drug-likeness (QED) is 0.402. The highest BCUT2D eigenvalue weighted by Gasteiger charge is 2.63. The molecule has 1 saturated heterocycles. The molecule has 14 heavy (non-hydrogen) atoms. The van der Waals surface area contributed by atoms with Crippen LogP contribution in [0.15, 0.2) is 0 Å². The molecule has 0 aromatic carbocycles. The van der Waals surface area contributed by atoms with Crippen LogP contribution in [0.4, 0.5) is 8.78 Å². The van der Waals surface area contributed by atoms with E-state index in [9.17, 15) is 8.78 Å². The van der Waals surface area contributed by atoms with Crippen molar-refractivity contribution < 1.29 is 28.8 Å². The van der Waals surface area contributed by atoms with Crippen LogP contribution in [0.5, 0.6) is 0 Å². The van der Waals surface area contributed by atoms with E-state index in [-0.39, 0.29) is 0 Å². The zero-order valence-electron chi connectivity index (χ0n) is 7.39. The van der Waals surface area contributed by atoms with Crippen LogP contribution in [0.1, 0.15) is 6.92 Å². The Morgan fingerprint density at radius 1 is 1.50 bits per heavy atom. The van der Waals surface area contributed by atoms with Gasteiger partial charge in [-0.3, -0.25) is 0 Å². The topological polar surface area (TPSA) is 73.2 Å². The molecule has 0 spiro atoms. The summed E-state index contributed by atoms with van der Waals surface area (Å²) < 4.78 is 30.5. The molecule has 5 nitrogen and oxygen atoms in total. The van der Waals surface area contributed by atoms with Crippen molar-refractivity contribution in [3.05, 3.63) is 0 Å². The highest BCUT2D eigenvalue weighted by atomic mass is 31.0. The molecule has 3 atom stereocenters. The maximum atomic E-state index is 12.9. The fourth-order valence-electron chi connectivity index (χ4n) is 1.24. The molecule has 3 N–H and O–H groups in total. The number of hydrogen-bond donors (Lipinski definition) is 3. The minimum Gasteiger partial charge on any atom is -0.395 e. The van der Waals surface area contributed by atoms with Crippen LogP contribution in [-0.4, -0.2) is 50.8 Å². The average molecular weight is 231 g/mol. The molecule has 8 heteroatoms. The van der Waals surface area contributed by atoms with E-state index >= 15 is 0 Å². The molecule has 1 fully saturated rings. The lowest BCUT2D eigenvalue weighted by molar-refractivity contribution is -0.469. The third-order valence-corrected chi connectivity index (χ3v) is 2.91. The Balaban J connectivity index is 2.97. The van der Waals surface area contributed by atoms with Gasteiger partial charge in [0.2, 0.25) is 0 Å². The van der Waals surface area contributed by atoms with Crippen LogP contribution >= 0.6 is 9.39 Å². The van der Waals surface area contributed by atoms with Crippen molar-refractivity contribution in [1.82, 2.24) is 4.67 Å². The van der Waals surface area contributed by atoms with Gasteiger partial charge in [0.15, 0.2) is 0 Å². The summed E-state index contributed by atoms with van der Waals surface area (Å²) in [4.78, 5) is 0. The van der Waals surface area contributed by atoms with Crippen LogP contribution in [0.25, 0.3) is 0 Å². The summed E-state index contributed by atoms with van der Waals surface area (Å²) in [5, 5.41) is 27.0. The first-order valence-corrected chi connectivity index (χ1v) is 4.41. The van der Waals surface area contributed by atoms with E-state index in [0.717, 1.165) is 0 Å². The lowest BCUT2D eigenvalue weighted by Crippen LogP contribution is -2.69. The Bertz CT molecular complexity index is 228. The van der Waals surface area contributed by atoms with E-state index in [2.05, 4.69) is 4.74 Å². The summed E-state index contributed by atoms with van der Waals surface area (Å²) in [6.45, 7) is 0.782. The second kappa shape index (κ2) is 3.59. The molecule has 1 heterocycles. The first-order chi connectivity index (χ1) is 6.24. The lowest BCUT2D eigenvalue weighted by Gasteiger charge is -2.47. The van der Waals surface area contributed by atoms with Crippen molar-refractivity contribution >= 4 is 9.39 Å². The molecule has 1 aliphatic rings. The molecule has 0 aromatic rings. The molecule has 1 rings (SSSR count).